The van der Waals surface area contributed by atoms with Crippen molar-refractivity contribution in [3.05, 3.63) is 23.0 Å². The van der Waals surface area contributed by atoms with Crippen LogP contribution in [0.5, 0.6) is 5.75 Å². The third-order valence-electron chi connectivity index (χ3n) is 1.61. The number of carboxylic acids is 1. The predicted molar refractivity (Wildman–Crippen MR) is 42.3 cm³/mol. The molecule has 4 heteroatoms. The van der Waals surface area contributed by atoms with Gasteiger partial charge < -0.3 is 10.2 Å². The molecule has 0 aliphatic heterocycles. The monoisotopic (exact) mass is 167 g/mol. The molecule has 0 fully saturated rings. The van der Waals surface area contributed by atoms with E-state index in [9.17, 15) is 4.79 Å². The van der Waals surface area contributed by atoms with Crippen LogP contribution in [-0.4, -0.2) is 21.2 Å². The Balaban J connectivity index is 3.33. The van der Waals surface area contributed by atoms with Crippen LogP contribution in [0.1, 0.15) is 21.7 Å². The minimum absolute atomic E-state index is 0.0399. The third kappa shape index (κ3) is 1.37. The summed E-state index contributed by atoms with van der Waals surface area (Å²) in [6, 6.07) is 1.21. The van der Waals surface area contributed by atoms with Gasteiger partial charge in [-0.15, -0.1) is 0 Å². The first-order chi connectivity index (χ1) is 5.52. The fourth-order valence-corrected chi connectivity index (χ4v) is 0.931. The van der Waals surface area contributed by atoms with Gasteiger partial charge in [0.05, 0.1) is 17.0 Å². The van der Waals surface area contributed by atoms with Crippen molar-refractivity contribution in [1.82, 2.24) is 4.98 Å². The average Bonchev–Trinajstić information content (AvgIpc) is 1.96. The molecule has 1 rings (SSSR count). The number of rotatable bonds is 1. The molecular formula is C8H9NO3. The molecule has 12 heavy (non-hydrogen) atoms. The van der Waals surface area contributed by atoms with Gasteiger partial charge in [-0.25, -0.2) is 4.79 Å². The molecule has 64 valence electrons. The number of carboxylic acid groups (broad SMARTS) is 1. The van der Waals surface area contributed by atoms with Gasteiger partial charge in [0, 0.05) is 0 Å². The smallest absolute Gasteiger partial charge is 0.337 e. The number of aromatic nitrogens is 1. The SMILES string of the molecule is Cc1nc(C)c(C(=O)O)cc1O. The topological polar surface area (TPSA) is 70.4 Å². The van der Waals surface area contributed by atoms with Crippen LogP contribution in [0.25, 0.3) is 0 Å². The minimum Gasteiger partial charge on any atom is -0.506 e. The molecule has 1 aromatic rings. The van der Waals surface area contributed by atoms with Crippen LogP contribution in [0.3, 0.4) is 0 Å². The lowest BCUT2D eigenvalue weighted by Gasteiger charge is -2.02. The van der Waals surface area contributed by atoms with E-state index in [-0.39, 0.29) is 11.3 Å². The number of aryl methyl sites for hydroxylation is 2. The highest BCUT2D eigenvalue weighted by Gasteiger charge is 2.10. The lowest BCUT2D eigenvalue weighted by atomic mass is 10.2. The predicted octanol–water partition coefficient (Wildman–Crippen LogP) is 1.10. The fraction of sp³-hybridized carbons (Fsp3) is 0.250. The zero-order valence-electron chi connectivity index (χ0n) is 6.83. The number of hydrogen-bond acceptors (Lipinski definition) is 3. The summed E-state index contributed by atoms with van der Waals surface area (Å²) < 4.78 is 0. The molecule has 4 nitrogen and oxygen atoms in total. The molecule has 0 aromatic carbocycles. The first-order valence-corrected chi connectivity index (χ1v) is 3.43. The first-order valence-electron chi connectivity index (χ1n) is 3.43. The highest BCUT2D eigenvalue weighted by molar-refractivity contribution is 5.89. The van der Waals surface area contributed by atoms with Crippen molar-refractivity contribution < 1.29 is 15.0 Å². The molecule has 0 saturated heterocycles. The van der Waals surface area contributed by atoms with Crippen LogP contribution >= 0.6 is 0 Å². The van der Waals surface area contributed by atoms with Crippen LogP contribution in [0, 0.1) is 13.8 Å². The van der Waals surface area contributed by atoms with E-state index in [0.29, 0.717) is 11.4 Å². The van der Waals surface area contributed by atoms with Crippen LogP contribution in [-0.2, 0) is 0 Å². The molecule has 0 spiro atoms. The molecule has 2 N–H and O–H groups in total. The maximum absolute atomic E-state index is 10.5. The van der Waals surface area contributed by atoms with Crippen molar-refractivity contribution >= 4 is 5.97 Å². The summed E-state index contributed by atoms with van der Waals surface area (Å²) in [6.07, 6.45) is 0. The summed E-state index contributed by atoms with van der Waals surface area (Å²) >= 11 is 0. The van der Waals surface area contributed by atoms with Gasteiger partial charge >= 0.3 is 5.97 Å². The summed E-state index contributed by atoms with van der Waals surface area (Å²) in [5.41, 5.74) is 0.897. The maximum atomic E-state index is 10.5. The van der Waals surface area contributed by atoms with E-state index in [1.165, 1.54) is 6.07 Å². The Morgan fingerprint density at radius 3 is 2.50 bits per heavy atom. The molecule has 0 radical (unpaired) electrons. The molecule has 0 aliphatic carbocycles. The summed E-state index contributed by atoms with van der Waals surface area (Å²) in [7, 11) is 0. The minimum atomic E-state index is -1.07. The van der Waals surface area contributed by atoms with Gasteiger partial charge in [0.25, 0.3) is 0 Å². The summed E-state index contributed by atoms with van der Waals surface area (Å²) in [4.78, 5) is 14.4. The maximum Gasteiger partial charge on any atom is 0.337 e. The Bertz CT molecular complexity index is 333. The Labute approximate surface area is 69.5 Å². The second-order valence-corrected chi connectivity index (χ2v) is 2.53. The van der Waals surface area contributed by atoms with Gasteiger partial charge in [0.2, 0.25) is 0 Å². The zero-order valence-corrected chi connectivity index (χ0v) is 6.83. The van der Waals surface area contributed by atoms with Crippen molar-refractivity contribution in [2.24, 2.45) is 0 Å². The highest BCUT2D eigenvalue weighted by Crippen LogP contribution is 2.17. The fourth-order valence-electron chi connectivity index (χ4n) is 0.931. The molecule has 0 bridgehead atoms. The van der Waals surface area contributed by atoms with E-state index < -0.39 is 5.97 Å². The highest BCUT2D eigenvalue weighted by atomic mass is 16.4. The van der Waals surface area contributed by atoms with Crippen molar-refractivity contribution in [2.75, 3.05) is 0 Å². The number of hydrogen-bond donors (Lipinski definition) is 2. The largest absolute Gasteiger partial charge is 0.506 e. The number of aromatic hydroxyl groups is 1. The quantitative estimate of drug-likeness (QED) is 0.657. The molecule has 1 aromatic heterocycles. The number of nitrogens with zero attached hydrogens (tertiary/aromatic N) is 1. The molecule has 0 aliphatic rings. The molecular weight excluding hydrogens is 158 g/mol. The second kappa shape index (κ2) is 2.81. The Morgan fingerprint density at radius 1 is 1.42 bits per heavy atom. The lowest BCUT2D eigenvalue weighted by Crippen LogP contribution is -2.02. The van der Waals surface area contributed by atoms with Crippen molar-refractivity contribution in [1.29, 1.82) is 0 Å². The van der Waals surface area contributed by atoms with E-state index in [2.05, 4.69) is 4.98 Å². The first kappa shape index (κ1) is 8.52. The van der Waals surface area contributed by atoms with Crippen molar-refractivity contribution in [2.45, 2.75) is 13.8 Å². The van der Waals surface area contributed by atoms with Crippen molar-refractivity contribution in [3.63, 3.8) is 0 Å². The normalized spacial score (nSPS) is 9.83. The molecule has 0 saturated carbocycles. The third-order valence-corrected chi connectivity index (χ3v) is 1.61. The average molecular weight is 167 g/mol. The molecule has 0 unspecified atom stereocenters. The lowest BCUT2D eigenvalue weighted by molar-refractivity contribution is 0.0695. The van der Waals surface area contributed by atoms with E-state index in [1.54, 1.807) is 13.8 Å². The summed E-state index contributed by atoms with van der Waals surface area (Å²) in [5, 5.41) is 17.8. The Hall–Kier alpha value is -1.58. The molecule has 0 atom stereocenters. The Kier molecular flexibility index (Phi) is 1.99. The van der Waals surface area contributed by atoms with E-state index in [1.807, 2.05) is 0 Å². The standard InChI is InChI=1S/C8H9NO3/c1-4-6(8(11)12)3-7(10)5(2)9-4/h3,10H,1-2H3,(H,11,12). The molecule has 1 heterocycles. The number of aromatic carboxylic acids is 1. The van der Waals surface area contributed by atoms with Gasteiger partial charge in [-0.1, -0.05) is 0 Å². The Morgan fingerprint density at radius 2 is 2.00 bits per heavy atom. The van der Waals surface area contributed by atoms with E-state index in [4.69, 9.17) is 10.2 Å². The second-order valence-electron chi connectivity index (χ2n) is 2.53. The van der Waals surface area contributed by atoms with Crippen LogP contribution in [0.4, 0.5) is 0 Å². The van der Waals surface area contributed by atoms with Crippen molar-refractivity contribution in [3.8, 4) is 5.75 Å². The van der Waals surface area contributed by atoms with Gasteiger partial charge in [-0.05, 0) is 19.9 Å². The van der Waals surface area contributed by atoms with E-state index in [0.717, 1.165) is 0 Å². The van der Waals surface area contributed by atoms with E-state index >= 15 is 0 Å². The van der Waals surface area contributed by atoms with Crippen LogP contribution in [0.15, 0.2) is 6.07 Å². The molecule has 0 amide bonds. The summed E-state index contributed by atoms with van der Waals surface area (Å²) in [6.45, 7) is 3.21. The van der Waals surface area contributed by atoms with Gasteiger partial charge in [0.15, 0.2) is 0 Å². The number of pyridine rings is 1. The van der Waals surface area contributed by atoms with Gasteiger partial charge in [-0.3, -0.25) is 4.98 Å². The summed E-state index contributed by atoms with van der Waals surface area (Å²) in [5.74, 6) is -1.16. The zero-order chi connectivity index (χ0) is 9.30. The van der Waals surface area contributed by atoms with Gasteiger partial charge in [-0.2, -0.15) is 0 Å². The van der Waals surface area contributed by atoms with Gasteiger partial charge in [0.1, 0.15) is 5.75 Å². The van der Waals surface area contributed by atoms with Crippen LogP contribution in [0.2, 0.25) is 0 Å². The van der Waals surface area contributed by atoms with Crippen LogP contribution < -0.4 is 0 Å². The number of carbonyl (C=O) groups is 1.